The van der Waals surface area contributed by atoms with E-state index in [1.54, 1.807) is 7.11 Å². The standard InChI is InChI=1S/C15H30O4/c1-3-4-5-6-7-8-9-10-14(19-2)11-13(16)12-15(17)18/h13-14,16H,3-12H2,1-2H3,(H,17,18)/t13-,14?/m0/s1. The lowest BCUT2D eigenvalue weighted by atomic mass is 10.0. The zero-order valence-corrected chi connectivity index (χ0v) is 12.4. The van der Waals surface area contributed by atoms with Crippen LogP contribution in [0.2, 0.25) is 0 Å². The van der Waals surface area contributed by atoms with Crippen LogP contribution in [0.5, 0.6) is 0 Å². The molecular formula is C15H30O4. The molecule has 0 aliphatic carbocycles. The summed E-state index contributed by atoms with van der Waals surface area (Å²) in [7, 11) is 1.62. The number of unbranched alkanes of at least 4 members (excludes halogenated alkanes) is 6. The number of aliphatic hydroxyl groups is 1. The van der Waals surface area contributed by atoms with Crippen LogP contribution in [-0.2, 0) is 9.53 Å². The third kappa shape index (κ3) is 12.2. The van der Waals surface area contributed by atoms with Gasteiger partial charge in [-0.1, -0.05) is 51.9 Å². The summed E-state index contributed by atoms with van der Waals surface area (Å²) in [5.74, 6) is -0.960. The maximum atomic E-state index is 10.5. The van der Waals surface area contributed by atoms with E-state index in [0.717, 1.165) is 12.8 Å². The molecule has 0 amide bonds. The highest BCUT2D eigenvalue weighted by Gasteiger charge is 2.16. The molecule has 0 saturated heterocycles. The largest absolute Gasteiger partial charge is 0.481 e. The molecule has 0 aromatic rings. The van der Waals surface area contributed by atoms with Crippen molar-refractivity contribution in [3.8, 4) is 0 Å². The molecule has 0 heterocycles. The highest BCUT2D eigenvalue weighted by molar-refractivity contribution is 5.67. The van der Waals surface area contributed by atoms with Crippen LogP contribution in [0.25, 0.3) is 0 Å². The summed E-state index contributed by atoms with van der Waals surface area (Å²) >= 11 is 0. The summed E-state index contributed by atoms with van der Waals surface area (Å²) in [5, 5.41) is 18.1. The van der Waals surface area contributed by atoms with E-state index in [0.29, 0.717) is 6.42 Å². The number of hydrogen-bond donors (Lipinski definition) is 2. The van der Waals surface area contributed by atoms with Crippen LogP contribution >= 0.6 is 0 Å². The van der Waals surface area contributed by atoms with Gasteiger partial charge in [0.2, 0.25) is 0 Å². The Balaban J connectivity index is 3.56. The van der Waals surface area contributed by atoms with Crippen molar-refractivity contribution >= 4 is 5.97 Å². The molecule has 1 unspecified atom stereocenters. The Hall–Kier alpha value is -0.610. The van der Waals surface area contributed by atoms with Crippen molar-refractivity contribution in [2.75, 3.05) is 7.11 Å². The van der Waals surface area contributed by atoms with Crippen LogP contribution < -0.4 is 0 Å². The second-order valence-electron chi connectivity index (χ2n) is 5.26. The molecule has 0 radical (unpaired) electrons. The van der Waals surface area contributed by atoms with Gasteiger partial charge in [-0.05, 0) is 6.42 Å². The fraction of sp³-hybridized carbons (Fsp3) is 0.933. The number of carboxylic acid groups (broad SMARTS) is 1. The average Bonchev–Trinajstić information content (AvgIpc) is 2.35. The summed E-state index contributed by atoms with van der Waals surface area (Å²) in [4.78, 5) is 10.5. The second kappa shape index (κ2) is 12.4. The van der Waals surface area contributed by atoms with Crippen LogP contribution in [0.1, 0.15) is 71.1 Å². The van der Waals surface area contributed by atoms with E-state index < -0.39 is 12.1 Å². The third-order valence-electron chi connectivity index (χ3n) is 3.41. The maximum Gasteiger partial charge on any atom is 0.305 e. The Kier molecular flexibility index (Phi) is 12.0. The summed E-state index contributed by atoms with van der Waals surface area (Å²) in [5.41, 5.74) is 0. The number of carboxylic acids is 1. The van der Waals surface area contributed by atoms with Crippen molar-refractivity contribution < 1.29 is 19.7 Å². The Morgan fingerprint density at radius 1 is 1.11 bits per heavy atom. The van der Waals surface area contributed by atoms with Gasteiger partial charge >= 0.3 is 5.97 Å². The van der Waals surface area contributed by atoms with Crippen molar-refractivity contribution in [1.82, 2.24) is 0 Å². The minimum Gasteiger partial charge on any atom is -0.481 e. The van der Waals surface area contributed by atoms with E-state index in [1.807, 2.05) is 0 Å². The van der Waals surface area contributed by atoms with Crippen LogP contribution in [0.15, 0.2) is 0 Å². The number of aliphatic carboxylic acids is 1. The first kappa shape index (κ1) is 18.4. The smallest absolute Gasteiger partial charge is 0.305 e. The second-order valence-corrected chi connectivity index (χ2v) is 5.26. The predicted octanol–water partition coefficient (Wildman–Crippen LogP) is 3.37. The molecule has 0 rings (SSSR count). The normalized spacial score (nSPS) is 14.3. The zero-order chi connectivity index (χ0) is 14.5. The molecule has 4 nitrogen and oxygen atoms in total. The Morgan fingerprint density at radius 3 is 2.21 bits per heavy atom. The van der Waals surface area contributed by atoms with Crippen molar-refractivity contribution in [2.24, 2.45) is 0 Å². The molecule has 0 fully saturated rings. The van der Waals surface area contributed by atoms with E-state index in [2.05, 4.69) is 6.92 Å². The quantitative estimate of drug-likeness (QED) is 0.505. The first-order valence-electron chi connectivity index (χ1n) is 7.52. The van der Waals surface area contributed by atoms with Crippen molar-refractivity contribution in [3.63, 3.8) is 0 Å². The van der Waals surface area contributed by atoms with Gasteiger partial charge in [-0.2, -0.15) is 0 Å². The SMILES string of the molecule is CCCCCCCCCC(C[C@H](O)CC(=O)O)OC. The van der Waals surface area contributed by atoms with Gasteiger partial charge in [0.25, 0.3) is 0 Å². The number of methoxy groups -OCH3 is 1. The van der Waals surface area contributed by atoms with E-state index in [-0.39, 0.29) is 12.5 Å². The highest BCUT2D eigenvalue weighted by atomic mass is 16.5. The van der Waals surface area contributed by atoms with Gasteiger partial charge in [0.05, 0.1) is 18.6 Å². The molecular weight excluding hydrogens is 244 g/mol. The Morgan fingerprint density at radius 2 is 1.68 bits per heavy atom. The van der Waals surface area contributed by atoms with Crippen LogP contribution in [0.3, 0.4) is 0 Å². The molecule has 0 aromatic carbocycles. The minimum atomic E-state index is -0.960. The summed E-state index contributed by atoms with van der Waals surface area (Å²) in [6.45, 7) is 2.21. The van der Waals surface area contributed by atoms with Crippen LogP contribution in [0, 0.1) is 0 Å². The van der Waals surface area contributed by atoms with Crippen molar-refractivity contribution in [1.29, 1.82) is 0 Å². The minimum absolute atomic E-state index is 0.0232. The fourth-order valence-electron chi connectivity index (χ4n) is 2.25. The fourth-order valence-corrected chi connectivity index (χ4v) is 2.25. The van der Waals surface area contributed by atoms with Gasteiger partial charge in [-0.3, -0.25) is 4.79 Å². The highest BCUT2D eigenvalue weighted by Crippen LogP contribution is 2.15. The van der Waals surface area contributed by atoms with Gasteiger partial charge in [-0.25, -0.2) is 0 Å². The molecule has 2 N–H and O–H groups in total. The van der Waals surface area contributed by atoms with Crippen molar-refractivity contribution in [2.45, 2.75) is 83.3 Å². The zero-order valence-electron chi connectivity index (χ0n) is 12.4. The van der Waals surface area contributed by atoms with Gasteiger partial charge in [0, 0.05) is 13.5 Å². The van der Waals surface area contributed by atoms with Gasteiger partial charge in [0.15, 0.2) is 0 Å². The Bertz CT molecular complexity index is 218. The van der Waals surface area contributed by atoms with Gasteiger partial charge < -0.3 is 14.9 Å². The predicted molar refractivity (Wildman–Crippen MR) is 76.3 cm³/mol. The first-order valence-corrected chi connectivity index (χ1v) is 7.52. The van der Waals surface area contributed by atoms with E-state index in [1.165, 1.54) is 38.5 Å². The molecule has 0 bridgehead atoms. The molecule has 0 spiro atoms. The monoisotopic (exact) mass is 274 g/mol. The third-order valence-corrected chi connectivity index (χ3v) is 3.41. The Labute approximate surface area is 117 Å². The number of carbonyl (C=O) groups is 1. The molecule has 0 aliphatic heterocycles. The first-order chi connectivity index (χ1) is 9.10. The van der Waals surface area contributed by atoms with Gasteiger partial charge in [-0.15, -0.1) is 0 Å². The number of aliphatic hydroxyl groups excluding tert-OH is 1. The summed E-state index contributed by atoms with van der Waals surface area (Å²) in [6.07, 6.45) is 9.05. The van der Waals surface area contributed by atoms with Crippen LogP contribution in [-0.4, -0.2) is 35.5 Å². The summed E-state index contributed by atoms with van der Waals surface area (Å²) < 4.78 is 5.29. The molecule has 0 aromatic heterocycles. The number of ether oxygens (including phenoxy) is 1. The molecule has 0 aliphatic rings. The molecule has 114 valence electrons. The van der Waals surface area contributed by atoms with Crippen LogP contribution in [0.4, 0.5) is 0 Å². The molecule has 2 atom stereocenters. The van der Waals surface area contributed by atoms with Gasteiger partial charge in [0.1, 0.15) is 0 Å². The molecule has 0 saturated carbocycles. The van der Waals surface area contributed by atoms with E-state index >= 15 is 0 Å². The van der Waals surface area contributed by atoms with E-state index in [9.17, 15) is 9.90 Å². The lowest BCUT2D eigenvalue weighted by Crippen LogP contribution is -2.22. The maximum absolute atomic E-state index is 10.5. The molecule has 19 heavy (non-hydrogen) atoms. The average molecular weight is 274 g/mol. The van der Waals surface area contributed by atoms with E-state index in [4.69, 9.17) is 9.84 Å². The topological polar surface area (TPSA) is 66.8 Å². The van der Waals surface area contributed by atoms with Crippen molar-refractivity contribution in [3.05, 3.63) is 0 Å². The lowest BCUT2D eigenvalue weighted by molar-refractivity contribution is -0.139. The summed E-state index contributed by atoms with van der Waals surface area (Å²) in [6, 6.07) is 0. The number of rotatable bonds is 13. The lowest BCUT2D eigenvalue weighted by Gasteiger charge is -2.18. The number of hydrogen-bond acceptors (Lipinski definition) is 3. The molecule has 4 heteroatoms.